The molecule has 0 unspecified atom stereocenters. The van der Waals surface area contributed by atoms with Crippen LogP contribution in [0.25, 0.3) is 0 Å². The van der Waals surface area contributed by atoms with E-state index in [0.29, 0.717) is 5.57 Å². The van der Waals surface area contributed by atoms with Crippen LogP contribution in [0.4, 0.5) is 0 Å². The smallest absolute Gasteiger partial charge is 0.303 e. The Kier molecular flexibility index (Phi) is 4.91. The van der Waals surface area contributed by atoms with Crippen molar-refractivity contribution in [1.82, 2.24) is 0 Å². The predicted molar refractivity (Wildman–Crippen MR) is 51.6 cm³/mol. The third kappa shape index (κ3) is 4.64. The Morgan fingerprint density at radius 3 is 1.79 bits per heavy atom. The van der Waals surface area contributed by atoms with Gasteiger partial charge in [0.05, 0.1) is 0 Å². The summed E-state index contributed by atoms with van der Waals surface area (Å²) in [6.45, 7) is 9.65. The van der Waals surface area contributed by atoms with Crippen molar-refractivity contribution in [3.05, 3.63) is 12.2 Å². The number of rotatable bonds is 4. The lowest BCUT2D eigenvalue weighted by atomic mass is 10.1. The van der Waals surface area contributed by atoms with Gasteiger partial charge in [0.2, 0.25) is 0 Å². The van der Waals surface area contributed by atoms with Crippen LogP contribution in [0.3, 0.4) is 0 Å². The van der Waals surface area contributed by atoms with Gasteiger partial charge in [0.15, 0.2) is 6.10 Å². The molecule has 0 fully saturated rings. The van der Waals surface area contributed by atoms with E-state index >= 15 is 0 Å². The van der Waals surface area contributed by atoms with Gasteiger partial charge in [-0.2, -0.15) is 0 Å². The van der Waals surface area contributed by atoms with Crippen molar-refractivity contribution in [2.45, 2.75) is 39.9 Å². The van der Waals surface area contributed by atoms with Crippen LogP contribution in [0.1, 0.15) is 27.7 Å². The normalized spacial score (nSPS) is 14.0. The fraction of sp³-hybridized carbons (Fsp3) is 0.600. The van der Waals surface area contributed by atoms with E-state index in [2.05, 4.69) is 6.58 Å². The molecule has 80 valence electrons. The Bertz CT molecular complexity index is 245. The molecule has 0 rings (SSSR count). The van der Waals surface area contributed by atoms with Crippen molar-refractivity contribution in [3.8, 4) is 0 Å². The number of carbonyl (C=O) groups is 2. The summed E-state index contributed by atoms with van der Waals surface area (Å²) in [7, 11) is 0. The molecule has 2 atom stereocenters. The summed E-state index contributed by atoms with van der Waals surface area (Å²) in [5.74, 6) is -0.826. The lowest BCUT2D eigenvalue weighted by Crippen LogP contribution is -2.32. The number of esters is 2. The third-order valence-electron chi connectivity index (χ3n) is 1.56. The standard InChI is InChI=1S/C10H16O4/c1-6(2)10(14-9(5)12)7(3)13-8(4)11/h7,10H,1H2,2-5H3/t7-,10-/m1/s1. The summed E-state index contributed by atoms with van der Waals surface area (Å²) in [6, 6.07) is 0. The molecule has 0 aromatic carbocycles. The monoisotopic (exact) mass is 200 g/mol. The molecule has 0 aliphatic rings. The molecule has 0 aliphatic carbocycles. The van der Waals surface area contributed by atoms with Crippen LogP contribution in [0.5, 0.6) is 0 Å². The highest BCUT2D eigenvalue weighted by Gasteiger charge is 2.23. The van der Waals surface area contributed by atoms with Gasteiger partial charge >= 0.3 is 11.9 Å². The van der Waals surface area contributed by atoms with Gasteiger partial charge in [-0.15, -0.1) is 0 Å². The molecule has 0 bridgehead atoms. The maximum atomic E-state index is 10.7. The van der Waals surface area contributed by atoms with Crippen LogP contribution in [0, 0.1) is 0 Å². The molecule has 0 aromatic heterocycles. The summed E-state index contributed by atoms with van der Waals surface area (Å²) < 4.78 is 9.86. The summed E-state index contributed by atoms with van der Waals surface area (Å²) in [5.41, 5.74) is 0.647. The fourth-order valence-corrected chi connectivity index (χ4v) is 1.10. The molecule has 0 saturated heterocycles. The largest absolute Gasteiger partial charge is 0.459 e. The number of carbonyl (C=O) groups excluding carboxylic acids is 2. The van der Waals surface area contributed by atoms with Gasteiger partial charge in [-0.1, -0.05) is 6.58 Å². The van der Waals surface area contributed by atoms with E-state index in [4.69, 9.17) is 9.47 Å². The lowest BCUT2D eigenvalue weighted by molar-refractivity contribution is -0.161. The molecule has 0 spiro atoms. The van der Waals surface area contributed by atoms with E-state index < -0.39 is 24.1 Å². The molecule has 0 aromatic rings. The summed E-state index contributed by atoms with van der Waals surface area (Å²) in [4.78, 5) is 21.4. The third-order valence-corrected chi connectivity index (χ3v) is 1.56. The SMILES string of the molecule is C=C(C)[C@@H](OC(C)=O)[C@@H](C)OC(C)=O. The van der Waals surface area contributed by atoms with Crippen LogP contribution < -0.4 is 0 Å². The van der Waals surface area contributed by atoms with Crippen molar-refractivity contribution in [2.75, 3.05) is 0 Å². The van der Waals surface area contributed by atoms with E-state index in [1.54, 1.807) is 13.8 Å². The first-order valence-corrected chi connectivity index (χ1v) is 4.34. The maximum Gasteiger partial charge on any atom is 0.303 e. The molecule has 14 heavy (non-hydrogen) atoms. The molecule has 0 aliphatic heterocycles. The minimum Gasteiger partial charge on any atom is -0.459 e. The molecule has 0 saturated carbocycles. The minimum atomic E-state index is -0.573. The summed E-state index contributed by atoms with van der Waals surface area (Å²) in [5, 5.41) is 0. The van der Waals surface area contributed by atoms with Gasteiger partial charge in [0.1, 0.15) is 6.10 Å². The van der Waals surface area contributed by atoms with Gasteiger partial charge in [-0.25, -0.2) is 0 Å². The van der Waals surface area contributed by atoms with Crippen LogP contribution in [0.2, 0.25) is 0 Å². The highest BCUT2D eigenvalue weighted by Crippen LogP contribution is 2.12. The highest BCUT2D eigenvalue weighted by molar-refractivity contribution is 5.67. The van der Waals surface area contributed by atoms with Gasteiger partial charge in [-0.05, 0) is 19.4 Å². The Hall–Kier alpha value is -1.32. The Morgan fingerprint density at radius 2 is 1.50 bits per heavy atom. The fourth-order valence-electron chi connectivity index (χ4n) is 1.10. The number of hydrogen-bond donors (Lipinski definition) is 0. The van der Waals surface area contributed by atoms with Crippen LogP contribution in [-0.4, -0.2) is 24.1 Å². The van der Waals surface area contributed by atoms with Gasteiger partial charge in [0.25, 0.3) is 0 Å². The van der Waals surface area contributed by atoms with E-state index in [1.165, 1.54) is 13.8 Å². The maximum absolute atomic E-state index is 10.7. The van der Waals surface area contributed by atoms with Crippen LogP contribution in [0.15, 0.2) is 12.2 Å². The first kappa shape index (κ1) is 12.7. The van der Waals surface area contributed by atoms with Crippen LogP contribution in [-0.2, 0) is 19.1 Å². The Morgan fingerprint density at radius 1 is 1.07 bits per heavy atom. The molecular weight excluding hydrogens is 184 g/mol. The zero-order valence-corrected chi connectivity index (χ0v) is 8.99. The van der Waals surface area contributed by atoms with E-state index in [-0.39, 0.29) is 0 Å². The van der Waals surface area contributed by atoms with Crippen molar-refractivity contribution < 1.29 is 19.1 Å². The Balaban J connectivity index is 4.40. The van der Waals surface area contributed by atoms with Crippen molar-refractivity contribution >= 4 is 11.9 Å². The average Bonchev–Trinajstić information content (AvgIpc) is 1.97. The average molecular weight is 200 g/mol. The molecule has 4 heteroatoms. The Labute approximate surface area is 83.9 Å². The van der Waals surface area contributed by atoms with Gasteiger partial charge < -0.3 is 9.47 Å². The first-order chi connectivity index (χ1) is 6.34. The predicted octanol–water partition coefficient (Wildman–Crippen LogP) is 1.45. The van der Waals surface area contributed by atoms with Gasteiger partial charge in [0, 0.05) is 13.8 Å². The number of hydrogen-bond acceptors (Lipinski definition) is 4. The molecule has 0 heterocycles. The molecule has 4 nitrogen and oxygen atoms in total. The van der Waals surface area contributed by atoms with E-state index in [0.717, 1.165) is 0 Å². The van der Waals surface area contributed by atoms with E-state index in [9.17, 15) is 9.59 Å². The van der Waals surface area contributed by atoms with E-state index in [1.807, 2.05) is 0 Å². The second-order valence-corrected chi connectivity index (χ2v) is 3.19. The zero-order chi connectivity index (χ0) is 11.3. The minimum absolute atomic E-state index is 0.407. The lowest BCUT2D eigenvalue weighted by Gasteiger charge is -2.23. The number of ether oxygens (including phenoxy) is 2. The second kappa shape index (κ2) is 5.42. The zero-order valence-electron chi connectivity index (χ0n) is 8.99. The van der Waals surface area contributed by atoms with Crippen molar-refractivity contribution in [3.63, 3.8) is 0 Å². The summed E-state index contributed by atoms with van der Waals surface area (Å²) >= 11 is 0. The quantitative estimate of drug-likeness (QED) is 0.509. The second-order valence-electron chi connectivity index (χ2n) is 3.19. The molecule has 0 radical (unpaired) electrons. The van der Waals surface area contributed by atoms with Crippen molar-refractivity contribution in [2.24, 2.45) is 0 Å². The molecule has 0 N–H and O–H groups in total. The van der Waals surface area contributed by atoms with Crippen molar-refractivity contribution in [1.29, 1.82) is 0 Å². The topological polar surface area (TPSA) is 52.6 Å². The van der Waals surface area contributed by atoms with Gasteiger partial charge in [-0.3, -0.25) is 9.59 Å². The van der Waals surface area contributed by atoms with Crippen LogP contribution >= 0.6 is 0 Å². The molecule has 0 amide bonds. The first-order valence-electron chi connectivity index (χ1n) is 4.34. The highest BCUT2D eigenvalue weighted by atomic mass is 16.6. The summed E-state index contributed by atoms with van der Waals surface area (Å²) in [6.07, 6.45) is -1.08. The molecular formula is C10H16O4.